The summed E-state index contributed by atoms with van der Waals surface area (Å²) in [5, 5.41) is 10.5. The summed E-state index contributed by atoms with van der Waals surface area (Å²) < 4.78 is 5.75. The third-order valence-electron chi connectivity index (χ3n) is 4.16. The number of rotatable bonds is 7. The molecule has 2 rings (SSSR count). The van der Waals surface area contributed by atoms with Crippen LogP contribution in [0.2, 0.25) is 0 Å². The topological polar surface area (TPSA) is 32.7 Å². The Balaban J connectivity index is 1.88. The van der Waals surface area contributed by atoms with E-state index in [4.69, 9.17) is 4.74 Å². The van der Waals surface area contributed by atoms with Crippen molar-refractivity contribution >= 4 is 0 Å². The van der Waals surface area contributed by atoms with Gasteiger partial charge in [-0.2, -0.15) is 0 Å². The smallest absolute Gasteiger partial charge is 0.125 e. The van der Waals surface area contributed by atoms with Gasteiger partial charge in [0.15, 0.2) is 0 Å². The number of hydrogen-bond acceptors (Lipinski definition) is 3. The van der Waals surface area contributed by atoms with Gasteiger partial charge in [0.1, 0.15) is 5.75 Å². The zero-order chi connectivity index (χ0) is 14.9. The number of likely N-dealkylation sites (tertiary alicyclic amines) is 1. The van der Waals surface area contributed by atoms with E-state index in [1.807, 2.05) is 24.3 Å². The summed E-state index contributed by atoms with van der Waals surface area (Å²) in [6.07, 6.45) is 6.64. The fraction of sp³-hybridized carbons (Fsp3) is 0.667. The van der Waals surface area contributed by atoms with Crippen molar-refractivity contribution in [3.8, 4) is 5.75 Å². The van der Waals surface area contributed by atoms with Crippen molar-refractivity contribution in [2.75, 3.05) is 26.2 Å². The van der Waals surface area contributed by atoms with Crippen LogP contribution in [0.1, 0.15) is 57.1 Å². The van der Waals surface area contributed by atoms with Gasteiger partial charge in [-0.1, -0.05) is 38.0 Å². The van der Waals surface area contributed by atoms with Gasteiger partial charge in [-0.15, -0.1) is 0 Å². The zero-order valence-electron chi connectivity index (χ0n) is 13.3. The molecule has 1 aliphatic rings. The van der Waals surface area contributed by atoms with Crippen molar-refractivity contribution in [2.24, 2.45) is 0 Å². The molecular weight excluding hydrogens is 262 g/mol. The molecule has 0 aliphatic carbocycles. The molecule has 1 atom stereocenters. The summed E-state index contributed by atoms with van der Waals surface area (Å²) in [7, 11) is 0. The minimum Gasteiger partial charge on any atom is -0.493 e. The van der Waals surface area contributed by atoms with Crippen molar-refractivity contribution in [3.05, 3.63) is 29.8 Å². The van der Waals surface area contributed by atoms with Gasteiger partial charge in [0, 0.05) is 12.1 Å². The maximum absolute atomic E-state index is 10.5. The van der Waals surface area contributed by atoms with E-state index in [0.29, 0.717) is 6.61 Å². The van der Waals surface area contributed by atoms with Gasteiger partial charge in [0.05, 0.1) is 12.7 Å². The first-order chi connectivity index (χ1) is 10.3. The minimum atomic E-state index is -0.429. The van der Waals surface area contributed by atoms with Crippen LogP contribution in [0.5, 0.6) is 5.75 Å². The van der Waals surface area contributed by atoms with Gasteiger partial charge in [-0.3, -0.25) is 0 Å². The second-order valence-corrected chi connectivity index (χ2v) is 5.95. The highest BCUT2D eigenvalue weighted by atomic mass is 16.5. The molecule has 0 amide bonds. The number of para-hydroxylation sites is 1. The lowest BCUT2D eigenvalue weighted by Gasteiger charge is -2.22. The monoisotopic (exact) mass is 291 g/mol. The molecule has 0 saturated carbocycles. The maximum Gasteiger partial charge on any atom is 0.125 e. The molecule has 0 aromatic heterocycles. The van der Waals surface area contributed by atoms with Gasteiger partial charge in [-0.05, 0) is 44.8 Å². The molecule has 1 aromatic carbocycles. The molecule has 1 saturated heterocycles. The van der Waals surface area contributed by atoms with E-state index < -0.39 is 6.10 Å². The second kappa shape index (κ2) is 9.06. The predicted octanol–water partition coefficient (Wildman–Crippen LogP) is 3.77. The summed E-state index contributed by atoms with van der Waals surface area (Å²) in [6.45, 7) is 6.14. The fourth-order valence-corrected chi connectivity index (χ4v) is 2.92. The second-order valence-electron chi connectivity index (χ2n) is 5.95. The lowest BCUT2D eigenvalue weighted by Crippen LogP contribution is -2.27. The molecule has 118 valence electrons. The van der Waals surface area contributed by atoms with E-state index >= 15 is 0 Å². The van der Waals surface area contributed by atoms with Crippen molar-refractivity contribution in [2.45, 2.75) is 51.6 Å². The molecule has 21 heavy (non-hydrogen) atoms. The van der Waals surface area contributed by atoms with E-state index in [1.54, 1.807) is 0 Å². The van der Waals surface area contributed by atoms with Crippen molar-refractivity contribution in [1.29, 1.82) is 0 Å². The summed E-state index contributed by atoms with van der Waals surface area (Å²) in [5.41, 5.74) is 0.931. The summed E-state index contributed by atoms with van der Waals surface area (Å²) in [4.78, 5) is 2.49. The Bertz CT molecular complexity index is 400. The van der Waals surface area contributed by atoms with Gasteiger partial charge in [0.25, 0.3) is 0 Å². The lowest BCUT2D eigenvalue weighted by molar-refractivity contribution is 0.138. The molecule has 1 aliphatic heterocycles. The Kier molecular flexibility index (Phi) is 7.04. The summed E-state index contributed by atoms with van der Waals surface area (Å²) in [5.74, 6) is 0.836. The lowest BCUT2D eigenvalue weighted by atomic mass is 10.1. The van der Waals surface area contributed by atoms with E-state index in [0.717, 1.165) is 30.7 Å². The summed E-state index contributed by atoms with van der Waals surface area (Å²) >= 11 is 0. The number of aliphatic hydroxyl groups is 1. The zero-order valence-corrected chi connectivity index (χ0v) is 13.3. The maximum atomic E-state index is 10.5. The third kappa shape index (κ3) is 5.33. The van der Waals surface area contributed by atoms with Gasteiger partial charge in [-0.25, -0.2) is 0 Å². The number of ether oxygens (including phenoxy) is 1. The molecule has 1 fully saturated rings. The molecular formula is C18H29NO2. The van der Waals surface area contributed by atoms with Crippen LogP contribution in [0, 0.1) is 0 Å². The van der Waals surface area contributed by atoms with Crippen LogP contribution in [0.3, 0.4) is 0 Å². The molecule has 1 aromatic rings. The highest BCUT2D eigenvalue weighted by molar-refractivity contribution is 5.35. The standard InChI is InChI=1S/C18H29NO2/c1-2-15-21-18-10-6-5-9-16(18)17(20)11-14-19-12-7-3-4-8-13-19/h5-6,9-10,17,20H,2-4,7-8,11-15H2,1H3. The minimum absolute atomic E-state index is 0.429. The van der Waals surface area contributed by atoms with Crippen molar-refractivity contribution in [3.63, 3.8) is 0 Å². The summed E-state index contributed by atoms with van der Waals surface area (Å²) in [6, 6.07) is 7.89. The first-order valence-corrected chi connectivity index (χ1v) is 8.43. The highest BCUT2D eigenvalue weighted by Gasteiger charge is 2.15. The molecule has 0 bridgehead atoms. The fourth-order valence-electron chi connectivity index (χ4n) is 2.92. The number of benzene rings is 1. The third-order valence-corrected chi connectivity index (χ3v) is 4.16. The van der Waals surface area contributed by atoms with Crippen LogP contribution < -0.4 is 4.74 Å². The van der Waals surface area contributed by atoms with Crippen LogP contribution in [0.25, 0.3) is 0 Å². The largest absolute Gasteiger partial charge is 0.493 e. The molecule has 1 N–H and O–H groups in total. The average molecular weight is 291 g/mol. The first kappa shape index (κ1) is 16.3. The number of aliphatic hydroxyl groups excluding tert-OH is 1. The highest BCUT2D eigenvalue weighted by Crippen LogP contribution is 2.27. The van der Waals surface area contributed by atoms with Gasteiger partial charge >= 0.3 is 0 Å². The Hall–Kier alpha value is -1.06. The molecule has 0 radical (unpaired) electrons. The molecule has 1 heterocycles. The van der Waals surface area contributed by atoms with Gasteiger partial charge < -0.3 is 14.7 Å². The molecule has 0 spiro atoms. The van der Waals surface area contributed by atoms with Crippen molar-refractivity contribution in [1.82, 2.24) is 4.90 Å². The van der Waals surface area contributed by atoms with E-state index in [2.05, 4.69) is 11.8 Å². The van der Waals surface area contributed by atoms with Crippen molar-refractivity contribution < 1.29 is 9.84 Å². The van der Waals surface area contributed by atoms with Crippen LogP contribution >= 0.6 is 0 Å². The van der Waals surface area contributed by atoms with Gasteiger partial charge in [0.2, 0.25) is 0 Å². The molecule has 3 nitrogen and oxygen atoms in total. The normalized spacial score (nSPS) is 18.2. The van der Waals surface area contributed by atoms with E-state index in [1.165, 1.54) is 38.8 Å². The molecule has 1 unspecified atom stereocenters. The predicted molar refractivity (Wildman–Crippen MR) is 86.7 cm³/mol. The quantitative estimate of drug-likeness (QED) is 0.830. The van der Waals surface area contributed by atoms with Crippen LogP contribution in [0.15, 0.2) is 24.3 Å². The van der Waals surface area contributed by atoms with E-state index in [-0.39, 0.29) is 0 Å². The van der Waals surface area contributed by atoms with E-state index in [9.17, 15) is 5.11 Å². The van der Waals surface area contributed by atoms with Crippen LogP contribution in [-0.2, 0) is 0 Å². The number of hydrogen-bond donors (Lipinski definition) is 1. The Morgan fingerprint density at radius 2 is 1.86 bits per heavy atom. The SMILES string of the molecule is CCCOc1ccccc1C(O)CCN1CCCCCC1. The number of nitrogens with zero attached hydrogens (tertiary/aromatic N) is 1. The molecule has 3 heteroatoms. The van der Waals surface area contributed by atoms with Crippen LogP contribution in [0.4, 0.5) is 0 Å². The Morgan fingerprint density at radius 1 is 1.14 bits per heavy atom. The Labute approximate surface area is 128 Å². The first-order valence-electron chi connectivity index (χ1n) is 8.43. The van der Waals surface area contributed by atoms with Crippen LogP contribution in [-0.4, -0.2) is 36.2 Å². The average Bonchev–Trinajstić information content (AvgIpc) is 2.79. The Morgan fingerprint density at radius 3 is 2.57 bits per heavy atom.